The minimum atomic E-state index is -2.97. The van der Waals surface area contributed by atoms with Gasteiger partial charge in [0.15, 0.2) is 9.84 Å². The van der Waals surface area contributed by atoms with Crippen molar-refractivity contribution in [2.24, 2.45) is 0 Å². The largest absolute Gasteiger partial charge is 0.376 e. The smallest absolute Gasteiger partial charge is 0.241 e. The maximum Gasteiger partial charge on any atom is 0.241 e. The Labute approximate surface area is 133 Å². The van der Waals surface area contributed by atoms with Gasteiger partial charge in [0.2, 0.25) is 5.91 Å². The van der Waals surface area contributed by atoms with Crippen molar-refractivity contribution in [3.05, 3.63) is 28.2 Å². The summed E-state index contributed by atoms with van der Waals surface area (Å²) in [6, 6.07) is 5.58. The van der Waals surface area contributed by atoms with Crippen molar-refractivity contribution in [2.45, 2.75) is 19.4 Å². The van der Waals surface area contributed by atoms with E-state index in [9.17, 15) is 13.2 Å². The molecule has 116 valence electrons. The zero-order valence-corrected chi connectivity index (χ0v) is 14.5. The van der Waals surface area contributed by atoms with E-state index in [2.05, 4.69) is 21.2 Å². The molecule has 0 aromatic heterocycles. The quantitative estimate of drug-likeness (QED) is 0.872. The molecule has 1 atom stereocenters. The number of amides is 1. The lowest BCUT2D eigenvalue weighted by Crippen LogP contribution is -2.40. The molecular formula is C14H19BrN2O3S. The molecule has 1 aliphatic heterocycles. The summed E-state index contributed by atoms with van der Waals surface area (Å²) in [6.07, 6.45) is 0.530. The summed E-state index contributed by atoms with van der Waals surface area (Å²) in [5.41, 5.74) is 1.96. The molecule has 0 bridgehead atoms. The molecule has 1 heterocycles. The first-order chi connectivity index (χ1) is 9.78. The first kappa shape index (κ1) is 16.3. The van der Waals surface area contributed by atoms with Gasteiger partial charge in [-0.3, -0.25) is 4.79 Å². The van der Waals surface area contributed by atoms with Gasteiger partial charge in [0.05, 0.1) is 18.1 Å². The van der Waals surface area contributed by atoms with Crippen LogP contribution in [0.25, 0.3) is 0 Å². The second kappa shape index (κ2) is 6.36. The first-order valence-electron chi connectivity index (χ1n) is 6.74. The Morgan fingerprint density at radius 3 is 2.76 bits per heavy atom. The third-order valence-corrected chi connectivity index (χ3v) is 6.39. The average molecular weight is 375 g/mol. The molecule has 0 saturated carbocycles. The van der Waals surface area contributed by atoms with Gasteiger partial charge in [-0.25, -0.2) is 8.42 Å². The average Bonchev–Trinajstić information content (AvgIpc) is 2.79. The second-order valence-corrected chi connectivity index (χ2v) is 8.46. The Bertz CT molecular complexity index is 646. The first-order valence-corrected chi connectivity index (χ1v) is 9.36. The number of hydrogen-bond acceptors (Lipinski definition) is 4. The van der Waals surface area contributed by atoms with Crippen LogP contribution in [0.1, 0.15) is 12.0 Å². The van der Waals surface area contributed by atoms with E-state index in [1.54, 1.807) is 11.9 Å². The highest BCUT2D eigenvalue weighted by Gasteiger charge is 2.32. The van der Waals surface area contributed by atoms with E-state index in [0.29, 0.717) is 6.42 Å². The number of aryl methyl sites for hydroxylation is 1. The fourth-order valence-electron chi connectivity index (χ4n) is 2.34. The molecule has 1 aromatic rings. The molecule has 0 spiro atoms. The summed E-state index contributed by atoms with van der Waals surface area (Å²) < 4.78 is 23.9. The van der Waals surface area contributed by atoms with Crippen molar-refractivity contribution in [3.8, 4) is 0 Å². The van der Waals surface area contributed by atoms with Crippen LogP contribution < -0.4 is 5.32 Å². The zero-order valence-electron chi connectivity index (χ0n) is 12.1. The van der Waals surface area contributed by atoms with Gasteiger partial charge in [0.1, 0.15) is 0 Å². The van der Waals surface area contributed by atoms with Crippen LogP contribution in [0.5, 0.6) is 0 Å². The van der Waals surface area contributed by atoms with Crippen LogP contribution in [0.4, 0.5) is 5.69 Å². The van der Waals surface area contributed by atoms with Crippen molar-refractivity contribution < 1.29 is 13.2 Å². The molecule has 0 radical (unpaired) electrons. The molecule has 1 unspecified atom stereocenters. The molecular weight excluding hydrogens is 356 g/mol. The summed E-state index contributed by atoms with van der Waals surface area (Å²) >= 11 is 3.43. The minimum absolute atomic E-state index is 0.0760. The molecule has 2 rings (SSSR count). The number of rotatable bonds is 4. The van der Waals surface area contributed by atoms with Crippen molar-refractivity contribution in [1.29, 1.82) is 0 Å². The maximum atomic E-state index is 12.1. The van der Waals surface area contributed by atoms with Gasteiger partial charge in [-0.2, -0.15) is 0 Å². The Kier molecular flexibility index (Phi) is 4.93. The fraction of sp³-hybridized carbons (Fsp3) is 0.500. The lowest BCUT2D eigenvalue weighted by atomic mass is 10.2. The number of carbonyl (C=O) groups excluding carboxylic acids is 1. The lowest BCUT2D eigenvalue weighted by Gasteiger charge is -2.23. The molecule has 1 saturated heterocycles. The number of nitrogens with one attached hydrogen (secondary N) is 1. The third-order valence-electron chi connectivity index (χ3n) is 3.75. The van der Waals surface area contributed by atoms with E-state index in [4.69, 9.17) is 0 Å². The van der Waals surface area contributed by atoms with E-state index in [-0.39, 0.29) is 30.0 Å². The van der Waals surface area contributed by atoms with Gasteiger partial charge < -0.3 is 10.2 Å². The van der Waals surface area contributed by atoms with E-state index >= 15 is 0 Å². The van der Waals surface area contributed by atoms with Gasteiger partial charge in [0.25, 0.3) is 0 Å². The highest BCUT2D eigenvalue weighted by molar-refractivity contribution is 9.10. The molecule has 1 amide bonds. The summed E-state index contributed by atoms with van der Waals surface area (Å²) in [6.45, 7) is 2.14. The van der Waals surface area contributed by atoms with Gasteiger partial charge in [-0.15, -0.1) is 0 Å². The second-order valence-electron chi connectivity index (χ2n) is 5.38. The zero-order chi connectivity index (χ0) is 15.6. The van der Waals surface area contributed by atoms with Gasteiger partial charge in [-0.05, 0) is 37.1 Å². The van der Waals surface area contributed by atoms with Crippen LogP contribution >= 0.6 is 15.9 Å². The minimum Gasteiger partial charge on any atom is -0.376 e. The number of halogens is 1. The third kappa shape index (κ3) is 4.20. The molecule has 5 nitrogen and oxygen atoms in total. The molecule has 1 fully saturated rings. The number of nitrogens with zero attached hydrogens (tertiary/aromatic N) is 1. The van der Waals surface area contributed by atoms with Crippen LogP contribution in [0.3, 0.4) is 0 Å². The van der Waals surface area contributed by atoms with Crippen LogP contribution in [0, 0.1) is 6.92 Å². The predicted octanol–water partition coefficient (Wildman–Crippen LogP) is 1.81. The van der Waals surface area contributed by atoms with Crippen molar-refractivity contribution in [1.82, 2.24) is 4.90 Å². The van der Waals surface area contributed by atoms with Crippen molar-refractivity contribution in [3.63, 3.8) is 0 Å². The van der Waals surface area contributed by atoms with Crippen LogP contribution in [0.15, 0.2) is 22.7 Å². The lowest BCUT2D eigenvalue weighted by molar-refractivity contribution is -0.129. The van der Waals surface area contributed by atoms with E-state index in [1.165, 1.54) is 0 Å². The molecule has 1 N–H and O–H groups in total. The Balaban J connectivity index is 1.91. The summed E-state index contributed by atoms with van der Waals surface area (Å²) in [5, 5.41) is 3.08. The standard InChI is InChI=1S/C14H19BrN2O3S/c1-10-7-11(3-4-13(10)15)16-8-14(18)17(2)12-5-6-21(19,20)9-12/h3-4,7,12,16H,5-6,8-9H2,1-2H3. The molecule has 1 aliphatic rings. The Hall–Kier alpha value is -1.08. The number of hydrogen-bond donors (Lipinski definition) is 1. The number of carbonyl (C=O) groups is 1. The number of benzene rings is 1. The summed E-state index contributed by atoms with van der Waals surface area (Å²) in [5.74, 6) is 0.152. The van der Waals surface area contributed by atoms with Gasteiger partial charge >= 0.3 is 0 Å². The Morgan fingerprint density at radius 1 is 1.48 bits per heavy atom. The van der Waals surface area contributed by atoms with Crippen molar-refractivity contribution in [2.75, 3.05) is 30.4 Å². The van der Waals surface area contributed by atoms with E-state index < -0.39 is 9.84 Å². The fourth-order valence-corrected chi connectivity index (χ4v) is 4.36. The molecule has 0 aliphatic carbocycles. The number of anilines is 1. The highest BCUT2D eigenvalue weighted by Crippen LogP contribution is 2.20. The van der Waals surface area contributed by atoms with Crippen LogP contribution in [-0.2, 0) is 14.6 Å². The van der Waals surface area contributed by atoms with E-state index in [0.717, 1.165) is 15.7 Å². The maximum absolute atomic E-state index is 12.1. The highest BCUT2D eigenvalue weighted by atomic mass is 79.9. The topological polar surface area (TPSA) is 66.5 Å². The van der Waals surface area contributed by atoms with Crippen LogP contribution in [-0.4, -0.2) is 50.4 Å². The predicted molar refractivity (Wildman–Crippen MR) is 87.2 cm³/mol. The van der Waals surface area contributed by atoms with Gasteiger partial charge in [-0.1, -0.05) is 15.9 Å². The monoisotopic (exact) mass is 374 g/mol. The van der Waals surface area contributed by atoms with Gasteiger partial charge in [0, 0.05) is 23.2 Å². The van der Waals surface area contributed by atoms with Crippen LogP contribution in [0.2, 0.25) is 0 Å². The number of sulfone groups is 1. The van der Waals surface area contributed by atoms with Crippen molar-refractivity contribution >= 4 is 37.4 Å². The normalized spacial score (nSPS) is 20.2. The molecule has 21 heavy (non-hydrogen) atoms. The molecule has 1 aromatic carbocycles. The SMILES string of the molecule is Cc1cc(NCC(=O)N(C)C2CCS(=O)(=O)C2)ccc1Br. The summed E-state index contributed by atoms with van der Waals surface area (Å²) in [4.78, 5) is 13.7. The Morgan fingerprint density at radius 2 is 2.19 bits per heavy atom. The van der Waals surface area contributed by atoms with E-state index in [1.807, 2.05) is 25.1 Å². The molecule has 7 heteroatoms. The summed E-state index contributed by atoms with van der Waals surface area (Å²) in [7, 11) is -1.30. The number of likely N-dealkylation sites (N-methyl/N-ethyl adjacent to an activating group) is 1.